The minimum atomic E-state index is -4.27. The highest BCUT2D eigenvalue weighted by molar-refractivity contribution is 5.44. The van der Waals surface area contributed by atoms with Gasteiger partial charge in [-0.2, -0.15) is 13.2 Å². The van der Waals surface area contributed by atoms with E-state index in [-0.39, 0.29) is 11.2 Å². The molecular weight excluding hydrogens is 249 g/mol. The normalized spacial score (nSPS) is 9.61. The van der Waals surface area contributed by atoms with Crippen molar-refractivity contribution in [2.45, 2.75) is 26.4 Å². The van der Waals surface area contributed by atoms with E-state index in [1.807, 2.05) is 6.92 Å². The monoisotopic (exact) mass is 266 g/mol. The molecule has 0 radical (unpaired) electrons. The molecule has 0 amide bonds. The van der Waals surface area contributed by atoms with Crippen molar-refractivity contribution >= 4 is 6.29 Å². The molecule has 1 aromatic carbocycles. The highest BCUT2D eigenvalue weighted by atomic mass is 19.4. The molecule has 0 heterocycles. The molecule has 0 aliphatic rings. The van der Waals surface area contributed by atoms with Crippen LogP contribution in [0.25, 0.3) is 0 Å². The van der Waals surface area contributed by atoms with E-state index < -0.39 is 12.8 Å². The topological polar surface area (TPSA) is 57.8 Å². The smallest absolute Gasteiger partial charge is 0.422 e. The first kappa shape index (κ1) is 18.8. The van der Waals surface area contributed by atoms with Crippen LogP contribution in [0.3, 0.4) is 0 Å². The Hall–Kier alpha value is -1.56. The van der Waals surface area contributed by atoms with Crippen LogP contribution in [0.5, 0.6) is 5.75 Å². The molecule has 0 bridgehead atoms. The molecule has 0 aliphatic carbocycles. The van der Waals surface area contributed by atoms with Crippen molar-refractivity contribution < 1.29 is 28.2 Å². The number of aldehydes is 1. The highest BCUT2D eigenvalue weighted by Crippen LogP contribution is 2.18. The van der Waals surface area contributed by atoms with Crippen LogP contribution in [0.4, 0.5) is 13.2 Å². The Bertz CT molecular complexity index is 320. The number of benzene rings is 1. The Morgan fingerprint density at radius 2 is 1.67 bits per heavy atom. The minimum absolute atomic E-state index is 0. The van der Waals surface area contributed by atoms with Gasteiger partial charge in [0.15, 0.2) is 6.61 Å². The number of rotatable bonds is 3. The standard InChI is InChI=1S/C10H11F3O.C2H4O.H2O/c1-2-8-3-5-9(6-4-8)14-7-10(11,12)13;1-2-3;/h3-6H,2,7H2,1H3;2H,1H3;1H2. The molecule has 104 valence electrons. The first-order valence-electron chi connectivity index (χ1n) is 5.11. The predicted molar refractivity (Wildman–Crippen MR) is 62.7 cm³/mol. The SMILES string of the molecule is CC=O.CCc1ccc(OCC(F)(F)F)cc1.O. The van der Waals surface area contributed by atoms with Crippen LogP contribution in [-0.4, -0.2) is 24.5 Å². The van der Waals surface area contributed by atoms with E-state index in [9.17, 15) is 13.2 Å². The quantitative estimate of drug-likeness (QED) is 0.789. The van der Waals surface area contributed by atoms with Crippen LogP contribution in [-0.2, 0) is 11.2 Å². The van der Waals surface area contributed by atoms with Gasteiger partial charge in [0.25, 0.3) is 0 Å². The fourth-order valence-electron chi connectivity index (χ4n) is 0.987. The predicted octanol–water partition coefficient (Wildman–Crippen LogP) is 2.57. The number of alkyl halides is 3. The van der Waals surface area contributed by atoms with E-state index in [0.29, 0.717) is 0 Å². The Morgan fingerprint density at radius 3 is 2.00 bits per heavy atom. The fourth-order valence-corrected chi connectivity index (χ4v) is 0.987. The number of aryl methyl sites for hydroxylation is 1. The first-order valence-corrected chi connectivity index (χ1v) is 5.11. The van der Waals surface area contributed by atoms with Crippen LogP contribution in [0, 0.1) is 0 Å². The number of carbonyl (C=O) groups is 1. The second-order valence-corrected chi connectivity index (χ2v) is 3.14. The lowest BCUT2D eigenvalue weighted by molar-refractivity contribution is -0.153. The van der Waals surface area contributed by atoms with Gasteiger partial charge in [-0.1, -0.05) is 19.1 Å². The highest BCUT2D eigenvalue weighted by Gasteiger charge is 2.28. The van der Waals surface area contributed by atoms with Crippen molar-refractivity contribution in [1.29, 1.82) is 0 Å². The second kappa shape index (κ2) is 9.47. The van der Waals surface area contributed by atoms with Gasteiger partial charge < -0.3 is 15.0 Å². The van der Waals surface area contributed by atoms with Crippen LogP contribution in [0.2, 0.25) is 0 Å². The van der Waals surface area contributed by atoms with Crippen LogP contribution < -0.4 is 4.74 Å². The first-order chi connectivity index (χ1) is 7.92. The molecule has 0 saturated heterocycles. The Kier molecular flexibility index (Phi) is 9.89. The molecule has 0 aliphatic heterocycles. The van der Waals surface area contributed by atoms with Gasteiger partial charge in [-0.3, -0.25) is 0 Å². The van der Waals surface area contributed by atoms with Crippen molar-refractivity contribution in [3.63, 3.8) is 0 Å². The molecule has 0 saturated carbocycles. The molecular formula is C12H17F3O3. The number of hydrogen-bond acceptors (Lipinski definition) is 2. The van der Waals surface area contributed by atoms with Gasteiger partial charge >= 0.3 is 6.18 Å². The average Bonchev–Trinajstić information content (AvgIpc) is 2.27. The van der Waals surface area contributed by atoms with Crippen molar-refractivity contribution in [3.8, 4) is 5.75 Å². The van der Waals surface area contributed by atoms with E-state index >= 15 is 0 Å². The lowest BCUT2D eigenvalue weighted by atomic mass is 10.2. The largest absolute Gasteiger partial charge is 0.484 e. The van der Waals surface area contributed by atoms with E-state index in [1.54, 1.807) is 24.3 Å². The third-order valence-corrected chi connectivity index (χ3v) is 1.73. The molecule has 3 nitrogen and oxygen atoms in total. The molecule has 2 N–H and O–H groups in total. The maximum absolute atomic E-state index is 11.8. The van der Waals surface area contributed by atoms with Crippen LogP contribution >= 0.6 is 0 Å². The van der Waals surface area contributed by atoms with Crippen LogP contribution in [0.15, 0.2) is 24.3 Å². The molecule has 0 unspecified atom stereocenters. The lowest BCUT2D eigenvalue weighted by Gasteiger charge is -2.09. The number of hydrogen-bond donors (Lipinski definition) is 0. The summed E-state index contributed by atoms with van der Waals surface area (Å²) in [4.78, 5) is 8.81. The van der Waals surface area contributed by atoms with Gasteiger partial charge in [0.1, 0.15) is 12.0 Å². The molecule has 0 spiro atoms. The Morgan fingerprint density at radius 1 is 1.22 bits per heavy atom. The van der Waals surface area contributed by atoms with Crippen LogP contribution in [0.1, 0.15) is 19.4 Å². The third-order valence-electron chi connectivity index (χ3n) is 1.73. The van der Waals surface area contributed by atoms with Gasteiger partial charge in [0, 0.05) is 0 Å². The maximum Gasteiger partial charge on any atom is 0.422 e. The van der Waals surface area contributed by atoms with E-state index in [0.717, 1.165) is 18.3 Å². The Balaban J connectivity index is 0. The summed E-state index contributed by atoms with van der Waals surface area (Å²) in [5, 5.41) is 0. The molecule has 0 fully saturated rings. The van der Waals surface area contributed by atoms with Gasteiger partial charge in [-0.15, -0.1) is 0 Å². The zero-order chi connectivity index (χ0) is 13.3. The minimum Gasteiger partial charge on any atom is -0.484 e. The average molecular weight is 266 g/mol. The molecule has 6 heteroatoms. The molecule has 1 aromatic rings. The summed E-state index contributed by atoms with van der Waals surface area (Å²) in [6.45, 7) is 2.18. The third kappa shape index (κ3) is 9.65. The summed E-state index contributed by atoms with van der Waals surface area (Å²) in [6.07, 6.45) is -2.66. The summed E-state index contributed by atoms with van der Waals surface area (Å²) in [6, 6.07) is 6.60. The number of ether oxygens (including phenoxy) is 1. The van der Waals surface area contributed by atoms with E-state index in [1.165, 1.54) is 6.92 Å². The summed E-state index contributed by atoms with van der Waals surface area (Å²) in [5.41, 5.74) is 1.07. The Labute approximate surface area is 104 Å². The molecule has 0 aromatic heterocycles. The molecule has 18 heavy (non-hydrogen) atoms. The van der Waals surface area contributed by atoms with Crippen molar-refractivity contribution in [3.05, 3.63) is 29.8 Å². The zero-order valence-electron chi connectivity index (χ0n) is 10.3. The van der Waals surface area contributed by atoms with Gasteiger partial charge in [0.05, 0.1) is 0 Å². The van der Waals surface area contributed by atoms with Crippen molar-refractivity contribution in [2.24, 2.45) is 0 Å². The molecule has 1 rings (SSSR count). The maximum atomic E-state index is 11.8. The summed E-state index contributed by atoms with van der Waals surface area (Å²) in [5.74, 6) is 0.250. The van der Waals surface area contributed by atoms with Gasteiger partial charge in [-0.25, -0.2) is 0 Å². The zero-order valence-corrected chi connectivity index (χ0v) is 10.3. The molecule has 0 atom stereocenters. The number of carbonyl (C=O) groups excluding carboxylic acids is 1. The number of halogens is 3. The van der Waals surface area contributed by atoms with E-state index in [4.69, 9.17) is 4.79 Å². The van der Waals surface area contributed by atoms with E-state index in [2.05, 4.69) is 4.74 Å². The summed E-state index contributed by atoms with van der Waals surface area (Å²) < 4.78 is 39.8. The van der Waals surface area contributed by atoms with Crippen molar-refractivity contribution in [1.82, 2.24) is 0 Å². The lowest BCUT2D eigenvalue weighted by Crippen LogP contribution is -2.19. The summed E-state index contributed by atoms with van der Waals surface area (Å²) >= 11 is 0. The van der Waals surface area contributed by atoms with Gasteiger partial charge in [0.2, 0.25) is 0 Å². The summed E-state index contributed by atoms with van der Waals surface area (Å²) in [7, 11) is 0. The fraction of sp³-hybridized carbons (Fsp3) is 0.417. The second-order valence-electron chi connectivity index (χ2n) is 3.14. The van der Waals surface area contributed by atoms with Crippen molar-refractivity contribution in [2.75, 3.05) is 6.61 Å². The van der Waals surface area contributed by atoms with Gasteiger partial charge in [-0.05, 0) is 31.0 Å².